The monoisotopic (exact) mass is 265 g/mol. The van der Waals surface area contributed by atoms with Gasteiger partial charge in [-0.2, -0.15) is 0 Å². The molecule has 94 valence electrons. The number of rotatable bonds is 4. The van der Waals surface area contributed by atoms with E-state index in [0.717, 1.165) is 11.3 Å². The van der Waals surface area contributed by atoms with Crippen molar-refractivity contribution in [1.29, 1.82) is 0 Å². The average molecular weight is 266 g/mol. The van der Waals surface area contributed by atoms with Gasteiger partial charge in [0.15, 0.2) is 0 Å². The highest BCUT2D eigenvalue weighted by Crippen LogP contribution is 2.27. The highest BCUT2D eigenvalue weighted by Gasteiger charge is 2.13. The SMILES string of the molecule is CCN(c1cccc(F)c1)c1ncncc1CCl. The number of alkyl halides is 1. The van der Waals surface area contributed by atoms with E-state index in [0.29, 0.717) is 18.2 Å². The molecule has 0 atom stereocenters. The lowest BCUT2D eigenvalue weighted by atomic mass is 10.2. The molecule has 0 amide bonds. The number of halogens is 2. The molecule has 1 aromatic heterocycles. The van der Waals surface area contributed by atoms with E-state index in [2.05, 4.69) is 9.97 Å². The van der Waals surface area contributed by atoms with E-state index in [9.17, 15) is 4.39 Å². The zero-order chi connectivity index (χ0) is 13.0. The Morgan fingerprint density at radius 1 is 1.39 bits per heavy atom. The van der Waals surface area contributed by atoms with Crippen molar-refractivity contribution in [3.63, 3.8) is 0 Å². The van der Waals surface area contributed by atoms with Crippen LogP contribution in [0, 0.1) is 5.82 Å². The summed E-state index contributed by atoms with van der Waals surface area (Å²) < 4.78 is 13.3. The summed E-state index contributed by atoms with van der Waals surface area (Å²) in [6, 6.07) is 6.41. The van der Waals surface area contributed by atoms with Crippen LogP contribution in [-0.4, -0.2) is 16.5 Å². The highest BCUT2D eigenvalue weighted by atomic mass is 35.5. The summed E-state index contributed by atoms with van der Waals surface area (Å²) in [7, 11) is 0. The topological polar surface area (TPSA) is 29.0 Å². The van der Waals surface area contributed by atoms with Crippen LogP contribution in [0.15, 0.2) is 36.8 Å². The minimum absolute atomic E-state index is 0.271. The van der Waals surface area contributed by atoms with Gasteiger partial charge in [-0.25, -0.2) is 14.4 Å². The summed E-state index contributed by atoms with van der Waals surface area (Å²) in [4.78, 5) is 10.1. The normalized spacial score (nSPS) is 10.4. The fourth-order valence-corrected chi connectivity index (χ4v) is 1.98. The van der Waals surface area contributed by atoms with Gasteiger partial charge < -0.3 is 4.90 Å². The van der Waals surface area contributed by atoms with Gasteiger partial charge in [-0.3, -0.25) is 0 Å². The van der Waals surface area contributed by atoms with Crippen LogP contribution in [0.2, 0.25) is 0 Å². The molecule has 0 saturated heterocycles. The summed E-state index contributed by atoms with van der Waals surface area (Å²) >= 11 is 5.87. The second kappa shape index (κ2) is 5.78. The van der Waals surface area contributed by atoms with E-state index in [1.165, 1.54) is 18.5 Å². The zero-order valence-corrected chi connectivity index (χ0v) is 10.7. The number of hydrogen-bond acceptors (Lipinski definition) is 3. The molecule has 0 unspecified atom stereocenters. The molecule has 0 bridgehead atoms. The molecule has 0 radical (unpaired) electrons. The Hall–Kier alpha value is -1.68. The third kappa shape index (κ3) is 2.59. The minimum atomic E-state index is -0.271. The number of aromatic nitrogens is 2. The number of benzene rings is 1. The average Bonchev–Trinajstić information content (AvgIpc) is 2.40. The van der Waals surface area contributed by atoms with Gasteiger partial charge in [0.05, 0.1) is 5.88 Å². The molecule has 1 heterocycles. The van der Waals surface area contributed by atoms with Crippen LogP contribution in [0.25, 0.3) is 0 Å². The molecular weight excluding hydrogens is 253 g/mol. The summed E-state index contributed by atoms with van der Waals surface area (Å²) in [6.07, 6.45) is 3.14. The van der Waals surface area contributed by atoms with Gasteiger partial charge in [-0.1, -0.05) is 6.07 Å². The summed E-state index contributed by atoms with van der Waals surface area (Å²) in [5.74, 6) is 0.766. The maximum absolute atomic E-state index is 13.3. The van der Waals surface area contributed by atoms with E-state index in [1.54, 1.807) is 12.3 Å². The molecule has 5 heteroatoms. The van der Waals surface area contributed by atoms with Crippen LogP contribution in [0.4, 0.5) is 15.9 Å². The highest BCUT2D eigenvalue weighted by molar-refractivity contribution is 6.17. The van der Waals surface area contributed by atoms with Gasteiger partial charge in [0.2, 0.25) is 0 Å². The molecule has 0 spiro atoms. The Balaban J connectivity index is 2.45. The molecule has 2 aromatic rings. The molecular formula is C13H13ClFN3. The maximum Gasteiger partial charge on any atom is 0.140 e. The van der Waals surface area contributed by atoms with Crippen molar-refractivity contribution in [3.05, 3.63) is 48.2 Å². The van der Waals surface area contributed by atoms with E-state index in [-0.39, 0.29) is 5.82 Å². The molecule has 0 aliphatic heterocycles. The van der Waals surface area contributed by atoms with Crippen molar-refractivity contribution in [2.45, 2.75) is 12.8 Å². The van der Waals surface area contributed by atoms with Crippen LogP contribution < -0.4 is 4.90 Å². The smallest absolute Gasteiger partial charge is 0.140 e. The van der Waals surface area contributed by atoms with Crippen LogP contribution in [0.1, 0.15) is 12.5 Å². The molecule has 18 heavy (non-hydrogen) atoms. The molecule has 2 rings (SSSR count). The summed E-state index contributed by atoms with van der Waals surface area (Å²) in [5, 5.41) is 0. The first-order valence-corrected chi connectivity index (χ1v) is 6.17. The van der Waals surface area contributed by atoms with Crippen molar-refractivity contribution in [3.8, 4) is 0 Å². The standard InChI is InChI=1S/C13H13ClFN3/c1-2-18(12-5-3-4-11(15)6-12)13-10(7-14)8-16-9-17-13/h3-6,8-9H,2,7H2,1H3. The van der Waals surface area contributed by atoms with Crippen molar-refractivity contribution in [1.82, 2.24) is 9.97 Å². The molecule has 1 aromatic carbocycles. The predicted octanol–water partition coefficient (Wildman–Crippen LogP) is 3.51. The summed E-state index contributed by atoms with van der Waals surface area (Å²) in [6.45, 7) is 2.65. The minimum Gasteiger partial charge on any atom is -0.326 e. The van der Waals surface area contributed by atoms with Crippen LogP contribution >= 0.6 is 11.6 Å². The second-order valence-corrected chi connectivity index (χ2v) is 4.00. The Morgan fingerprint density at radius 2 is 2.22 bits per heavy atom. The van der Waals surface area contributed by atoms with Gasteiger partial charge >= 0.3 is 0 Å². The van der Waals surface area contributed by atoms with Crippen LogP contribution in [0.3, 0.4) is 0 Å². The maximum atomic E-state index is 13.3. The Bertz CT molecular complexity index is 533. The lowest BCUT2D eigenvalue weighted by molar-refractivity contribution is 0.627. The van der Waals surface area contributed by atoms with E-state index >= 15 is 0 Å². The first-order chi connectivity index (χ1) is 8.76. The zero-order valence-electron chi connectivity index (χ0n) is 9.98. The van der Waals surface area contributed by atoms with Crippen LogP contribution in [0.5, 0.6) is 0 Å². The molecule has 0 aliphatic rings. The summed E-state index contributed by atoms with van der Waals surface area (Å²) in [5.41, 5.74) is 1.58. The van der Waals surface area contributed by atoms with Crippen molar-refractivity contribution >= 4 is 23.1 Å². The molecule has 0 saturated carbocycles. The molecule has 3 nitrogen and oxygen atoms in total. The van der Waals surface area contributed by atoms with Crippen LogP contribution in [-0.2, 0) is 5.88 Å². The fraction of sp³-hybridized carbons (Fsp3) is 0.231. The number of hydrogen-bond donors (Lipinski definition) is 0. The third-order valence-electron chi connectivity index (χ3n) is 2.60. The molecule has 0 aliphatic carbocycles. The molecule has 0 fully saturated rings. The van der Waals surface area contributed by atoms with E-state index < -0.39 is 0 Å². The van der Waals surface area contributed by atoms with Crippen molar-refractivity contribution in [2.75, 3.05) is 11.4 Å². The van der Waals surface area contributed by atoms with Crippen molar-refractivity contribution in [2.24, 2.45) is 0 Å². The van der Waals surface area contributed by atoms with Gasteiger partial charge in [0.1, 0.15) is 18.0 Å². The quantitative estimate of drug-likeness (QED) is 0.792. The fourth-order valence-electron chi connectivity index (χ4n) is 1.79. The third-order valence-corrected chi connectivity index (χ3v) is 2.89. The van der Waals surface area contributed by atoms with Gasteiger partial charge in [-0.15, -0.1) is 11.6 Å². The van der Waals surface area contributed by atoms with Gasteiger partial charge in [0, 0.05) is 24.0 Å². The first kappa shape index (κ1) is 12.8. The van der Waals surface area contributed by atoms with Gasteiger partial charge in [-0.05, 0) is 25.1 Å². The number of anilines is 2. The lowest BCUT2D eigenvalue weighted by Crippen LogP contribution is -2.19. The van der Waals surface area contributed by atoms with E-state index in [1.807, 2.05) is 17.9 Å². The Labute approximate surface area is 110 Å². The lowest BCUT2D eigenvalue weighted by Gasteiger charge is -2.23. The van der Waals surface area contributed by atoms with Gasteiger partial charge in [0.25, 0.3) is 0 Å². The Kier molecular flexibility index (Phi) is 4.10. The number of nitrogens with zero attached hydrogens (tertiary/aromatic N) is 3. The first-order valence-electron chi connectivity index (χ1n) is 5.64. The largest absolute Gasteiger partial charge is 0.326 e. The second-order valence-electron chi connectivity index (χ2n) is 3.73. The van der Waals surface area contributed by atoms with E-state index in [4.69, 9.17) is 11.6 Å². The molecule has 0 N–H and O–H groups in total. The van der Waals surface area contributed by atoms with Crippen molar-refractivity contribution < 1.29 is 4.39 Å². The Morgan fingerprint density at radius 3 is 2.89 bits per heavy atom. The predicted molar refractivity (Wildman–Crippen MR) is 70.7 cm³/mol.